The molecule has 4 rings (SSSR count). The number of allylic oxidation sites excluding steroid dienone is 1. The van der Waals surface area contributed by atoms with Crippen LogP contribution in [0.5, 0.6) is 0 Å². The Balaban J connectivity index is 1.50. The Bertz CT molecular complexity index is 1060. The van der Waals surface area contributed by atoms with Gasteiger partial charge in [0.1, 0.15) is 5.58 Å². The Morgan fingerprint density at radius 3 is 2.73 bits per heavy atom. The molecule has 30 heavy (non-hydrogen) atoms. The highest BCUT2D eigenvalue weighted by Crippen LogP contribution is 2.29. The zero-order chi connectivity index (χ0) is 21.1. The highest BCUT2D eigenvalue weighted by Gasteiger charge is 2.27. The van der Waals surface area contributed by atoms with E-state index in [9.17, 15) is 13.2 Å². The SMILES string of the molecule is Cc1c(C(=O)NCCC2=CCCCC2)oc2ccc(S(=O)(=O)N3CCOCC3)cc12. The zero-order valence-corrected chi connectivity index (χ0v) is 18.1. The number of hydrogen-bond donors (Lipinski definition) is 1. The monoisotopic (exact) mass is 432 g/mol. The highest BCUT2D eigenvalue weighted by molar-refractivity contribution is 7.89. The summed E-state index contributed by atoms with van der Waals surface area (Å²) in [6.45, 7) is 3.83. The van der Waals surface area contributed by atoms with E-state index < -0.39 is 10.0 Å². The maximum Gasteiger partial charge on any atom is 0.287 e. The van der Waals surface area contributed by atoms with Crippen molar-refractivity contribution in [2.75, 3.05) is 32.8 Å². The number of ether oxygens (including phenoxy) is 1. The van der Waals surface area contributed by atoms with Crippen molar-refractivity contribution < 1.29 is 22.4 Å². The predicted octanol–water partition coefficient (Wildman–Crippen LogP) is 3.38. The molecule has 1 aromatic carbocycles. The standard InChI is InChI=1S/C22H28N2O5S/c1-16-19-15-18(30(26,27)24-11-13-28-14-12-24)7-8-20(19)29-21(16)22(25)23-10-9-17-5-3-2-4-6-17/h5,7-8,15H,2-4,6,9-14H2,1H3,(H,23,25). The quantitative estimate of drug-likeness (QED) is 0.707. The Morgan fingerprint density at radius 1 is 1.20 bits per heavy atom. The number of furan rings is 1. The number of benzene rings is 1. The Kier molecular flexibility index (Phi) is 6.26. The summed E-state index contributed by atoms with van der Waals surface area (Å²) in [5.74, 6) is -0.0266. The van der Waals surface area contributed by atoms with E-state index in [1.807, 2.05) is 0 Å². The van der Waals surface area contributed by atoms with Crippen LogP contribution in [0.25, 0.3) is 11.0 Å². The maximum atomic E-state index is 12.9. The molecule has 0 spiro atoms. The first-order chi connectivity index (χ1) is 14.5. The second kappa shape index (κ2) is 8.91. The van der Waals surface area contributed by atoms with Crippen LogP contribution in [0.3, 0.4) is 0 Å². The number of carbonyl (C=O) groups is 1. The summed E-state index contributed by atoms with van der Waals surface area (Å²) >= 11 is 0. The van der Waals surface area contributed by atoms with Gasteiger partial charge in [0.05, 0.1) is 18.1 Å². The fourth-order valence-corrected chi connectivity index (χ4v) is 5.50. The van der Waals surface area contributed by atoms with Crippen molar-refractivity contribution in [1.82, 2.24) is 9.62 Å². The lowest BCUT2D eigenvalue weighted by Crippen LogP contribution is -2.40. The maximum absolute atomic E-state index is 12.9. The molecule has 2 aliphatic rings. The van der Waals surface area contributed by atoms with Crippen LogP contribution in [0.2, 0.25) is 0 Å². The van der Waals surface area contributed by atoms with E-state index in [4.69, 9.17) is 9.15 Å². The van der Waals surface area contributed by atoms with E-state index in [1.54, 1.807) is 19.1 Å². The summed E-state index contributed by atoms with van der Waals surface area (Å²) < 4.78 is 38.3. The minimum absolute atomic E-state index is 0.206. The molecule has 0 radical (unpaired) electrons. The van der Waals surface area contributed by atoms with Crippen molar-refractivity contribution in [1.29, 1.82) is 0 Å². The van der Waals surface area contributed by atoms with E-state index in [-0.39, 0.29) is 16.6 Å². The summed E-state index contributed by atoms with van der Waals surface area (Å²) in [6, 6.07) is 4.76. The molecule has 1 amide bonds. The van der Waals surface area contributed by atoms with E-state index >= 15 is 0 Å². The van der Waals surface area contributed by atoms with Crippen LogP contribution in [0, 0.1) is 6.92 Å². The summed E-state index contributed by atoms with van der Waals surface area (Å²) in [7, 11) is -3.60. The molecule has 2 heterocycles. The van der Waals surface area contributed by atoms with Gasteiger partial charge in [-0.15, -0.1) is 0 Å². The molecular formula is C22H28N2O5S. The fraction of sp³-hybridized carbons (Fsp3) is 0.500. The van der Waals surface area contributed by atoms with Crippen LogP contribution in [0.15, 0.2) is 39.2 Å². The molecule has 2 aromatic rings. The number of nitrogens with one attached hydrogen (secondary N) is 1. The molecule has 8 heteroatoms. The van der Waals surface area contributed by atoms with Gasteiger partial charge < -0.3 is 14.5 Å². The molecule has 7 nitrogen and oxygen atoms in total. The van der Waals surface area contributed by atoms with Gasteiger partial charge in [-0.3, -0.25) is 4.79 Å². The molecule has 1 saturated heterocycles. The Labute approximate surface area is 177 Å². The largest absolute Gasteiger partial charge is 0.451 e. The third-order valence-electron chi connectivity index (χ3n) is 5.84. The second-order valence-electron chi connectivity index (χ2n) is 7.84. The third kappa shape index (κ3) is 4.31. The molecule has 1 fully saturated rings. The van der Waals surface area contributed by atoms with Gasteiger partial charge in [0.25, 0.3) is 5.91 Å². The average molecular weight is 433 g/mol. The van der Waals surface area contributed by atoms with Crippen molar-refractivity contribution >= 4 is 26.9 Å². The first kappa shape index (κ1) is 21.1. The summed E-state index contributed by atoms with van der Waals surface area (Å²) in [4.78, 5) is 12.8. The molecule has 1 aromatic heterocycles. The van der Waals surface area contributed by atoms with Crippen molar-refractivity contribution in [2.45, 2.75) is 43.9 Å². The average Bonchev–Trinajstić information content (AvgIpc) is 3.11. The first-order valence-corrected chi connectivity index (χ1v) is 12.0. The van der Waals surface area contributed by atoms with Gasteiger partial charge in [-0.05, 0) is 57.2 Å². The zero-order valence-electron chi connectivity index (χ0n) is 17.3. The number of carbonyl (C=O) groups excluding carboxylic acids is 1. The van der Waals surface area contributed by atoms with Gasteiger partial charge in [-0.25, -0.2) is 8.42 Å². The molecule has 0 atom stereocenters. The van der Waals surface area contributed by atoms with Crippen molar-refractivity contribution in [3.05, 3.63) is 41.2 Å². The first-order valence-electron chi connectivity index (χ1n) is 10.5. The summed E-state index contributed by atoms with van der Waals surface area (Å²) in [5.41, 5.74) is 2.56. The molecule has 0 saturated carbocycles. The van der Waals surface area contributed by atoms with Crippen LogP contribution in [-0.2, 0) is 14.8 Å². The number of amides is 1. The molecule has 0 unspecified atom stereocenters. The van der Waals surface area contributed by atoms with Gasteiger partial charge in [-0.1, -0.05) is 11.6 Å². The molecule has 1 N–H and O–H groups in total. The molecule has 0 bridgehead atoms. The van der Waals surface area contributed by atoms with Crippen LogP contribution >= 0.6 is 0 Å². The van der Waals surface area contributed by atoms with Gasteiger partial charge in [0.15, 0.2) is 5.76 Å². The molecule has 1 aliphatic heterocycles. The third-order valence-corrected chi connectivity index (χ3v) is 7.73. The van der Waals surface area contributed by atoms with Crippen LogP contribution in [0.1, 0.15) is 48.2 Å². The number of morpholine rings is 1. The lowest BCUT2D eigenvalue weighted by molar-refractivity contribution is 0.0730. The molecule has 1 aliphatic carbocycles. The van der Waals surface area contributed by atoms with Crippen molar-refractivity contribution in [2.24, 2.45) is 0 Å². The predicted molar refractivity (Wildman–Crippen MR) is 114 cm³/mol. The van der Waals surface area contributed by atoms with E-state index in [0.717, 1.165) is 19.3 Å². The Morgan fingerprint density at radius 2 is 2.00 bits per heavy atom. The van der Waals surface area contributed by atoms with Gasteiger partial charge >= 0.3 is 0 Å². The van der Waals surface area contributed by atoms with Gasteiger partial charge in [0, 0.05) is 30.6 Å². The summed E-state index contributed by atoms with van der Waals surface area (Å²) in [6.07, 6.45) is 7.84. The molecular weight excluding hydrogens is 404 g/mol. The lowest BCUT2D eigenvalue weighted by Gasteiger charge is -2.26. The normalized spacial score (nSPS) is 18.4. The highest BCUT2D eigenvalue weighted by atomic mass is 32.2. The second-order valence-corrected chi connectivity index (χ2v) is 9.78. The van der Waals surface area contributed by atoms with Gasteiger partial charge in [-0.2, -0.15) is 4.31 Å². The van der Waals surface area contributed by atoms with E-state index in [2.05, 4.69) is 11.4 Å². The van der Waals surface area contributed by atoms with Crippen LogP contribution in [0.4, 0.5) is 0 Å². The van der Waals surface area contributed by atoms with E-state index in [0.29, 0.717) is 49.4 Å². The smallest absolute Gasteiger partial charge is 0.287 e. The van der Waals surface area contributed by atoms with Gasteiger partial charge in [0.2, 0.25) is 10.0 Å². The van der Waals surface area contributed by atoms with E-state index in [1.165, 1.54) is 28.8 Å². The minimum Gasteiger partial charge on any atom is -0.451 e. The van der Waals surface area contributed by atoms with Crippen molar-refractivity contribution in [3.8, 4) is 0 Å². The Hall–Kier alpha value is -2.16. The van der Waals surface area contributed by atoms with Crippen molar-refractivity contribution in [3.63, 3.8) is 0 Å². The summed E-state index contributed by atoms with van der Waals surface area (Å²) in [5, 5.41) is 3.57. The molecule has 162 valence electrons. The number of nitrogens with zero attached hydrogens (tertiary/aromatic N) is 1. The number of aryl methyl sites for hydroxylation is 1. The minimum atomic E-state index is -3.60. The topological polar surface area (TPSA) is 88.8 Å². The lowest BCUT2D eigenvalue weighted by atomic mass is 9.97. The fourth-order valence-electron chi connectivity index (χ4n) is 4.06. The number of hydrogen-bond acceptors (Lipinski definition) is 5. The number of sulfonamides is 1. The van der Waals surface area contributed by atoms with Crippen LogP contribution < -0.4 is 5.32 Å². The number of fused-ring (bicyclic) bond motifs is 1. The number of rotatable bonds is 6. The van der Waals surface area contributed by atoms with Crippen LogP contribution in [-0.4, -0.2) is 51.5 Å².